The van der Waals surface area contributed by atoms with Crippen LogP contribution in [0.15, 0.2) is 59.5 Å². The molecule has 2 aromatic rings. The number of thioether (sulfide) groups is 1. The van der Waals surface area contributed by atoms with Gasteiger partial charge in [0.2, 0.25) is 15.9 Å². The lowest BCUT2D eigenvalue weighted by atomic mass is 9.97. The Balaban J connectivity index is 1.40. The lowest BCUT2D eigenvalue weighted by Gasteiger charge is -2.30. The highest BCUT2D eigenvalue weighted by molar-refractivity contribution is 7.99. The molecule has 156 valence electrons. The molecule has 0 spiro atoms. The van der Waals surface area contributed by atoms with Gasteiger partial charge in [-0.05, 0) is 42.7 Å². The third-order valence-electron chi connectivity index (χ3n) is 4.89. The van der Waals surface area contributed by atoms with Crippen molar-refractivity contribution in [2.45, 2.75) is 23.5 Å². The molecule has 1 amide bonds. The van der Waals surface area contributed by atoms with E-state index in [1.54, 1.807) is 11.8 Å². The van der Waals surface area contributed by atoms with E-state index in [0.29, 0.717) is 38.0 Å². The number of hydrogen-bond acceptors (Lipinski definition) is 4. The van der Waals surface area contributed by atoms with Gasteiger partial charge in [0.05, 0.1) is 5.75 Å². The molecule has 0 saturated carbocycles. The fourth-order valence-electron chi connectivity index (χ4n) is 3.28. The van der Waals surface area contributed by atoms with Gasteiger partial charge >= 0.3 is 0 Å². The third-order valence-corrected chi connectivity index (χ3v) is 7.76. The molecule has 0 unspecified atom stereocenters. The fraction of sp³-hybridized carbons (Fsp3) is 0.381. The average molecular weight is 437 g/mol. The summed E-state index contributed by atoms with van der Waals surface area (Å²) in [6.45, 7) is 1.25. The van der Waals surface area contributed by atoms with Crippen LogP contribution in [0.2, 0.25) is 0 Å². The number of nitrogens with zero attached hydrogens (tertiary/aromatic N) is 1. The van der Waals surface area contributed by atoms with Gasteiger partial charge in [-0.1, -0.05) is 30.3 Å². The van der Waals surface area contributed by atoms with Gasteiger partial charge in [0, 0.05) is 36.2 Å². The highest BCUT2D eigenvalue weighted by Gasteiger charge is 2.31. The van der Waals surface area contributed by atoms with E-state index in [-0.39, 0.29) is 23.4 Å². The molecule has 1 heterocycles. The number of nitrogens with one attached hydrogen (secondary N) is 1. The average Bonchev–Trinajstić information content (AvgIpc) is 2.73. The maximum Gasteiger partial charge on any atom is 0.223 e. The van der Waals surface area contributed by atoms with E-state index in [1.165, 1.54) is 33.5 Å². The fourth-order valence-corrected chi connectivity index (χ4v) is 5.64. The lowest BCUT2D eigenvalue weighted by Crippen LogP contribution is -2.43. The molecule has 3 rings (SSSR count). The number of piperidine rings is 1. The number of halogens is 1. The van der Waals surface area contributed by atoms with Crippen molar-refractivity contribution >= 4 is 27.7 Å². The minimum Gasteiger partial charge on any atom is -0.355 e. The number of amides is 1. The van der Waals surface area contributed by atoms with E-state index in [2.05, 4.69) is 5.32 Å². The van der Waals surface area contributed by atoms with E-state index < -0.39 is 10.0 Å². The molecule has 0 atom stereocenters. The first-order chi connectivity index (χ1) is 13.9. The monoisotopic (exact) mass is 436 g/mol. The first-order valence-electron chi connectivity index (χ1n) is 9.62. The van der Waals surface area contributed by atoms with Gasteiger partial charge in [0.15, 0.2) is 0 Å². The number of rotatable bonds is 8. The minimum atomic E-state index is -3.47. The van der Waals surface area contributed by atoms with E-state index in [0.717, 1.165) is 5.75 Å². The SMILES string of the molecule is O=C(NCCSc1ccccc1)C1CCN(S(=O)(=O)Cc2ccc(F)cc2)CC1. The number of benzene rings is 2. The third kappa shape index (κ3) is 6.55. The molecule has 1 aliphatic rings. The first-order valence-corrected chi connectivity index (χ1v) is 12.2. The van der Waals surface area contributed by atoms with Crippen LogP contribution in [0.1, 0.15) is 18.4 Å². The second kappa shape index (κ2) is 10.2. The van der Waals surface area contributed by atoms with Gasteiger partial charge in [-0.25, -0.2) is 17.1 Å². The summed E-state index contributed by atoms with van der Waals surface area (Å²) in [7, 11) is -3.47. The van der Waals surface area contributed by atoms with Crippen LogP contribution in [0.4, 0.5) is 4.39 Å². The zero-order chi connectivity index (χ0) is 20.7. The Morgan fingerprint density at radius 3 is 2.38 bits per heavy atom. The minimum absolute atomic E-state index is 0.00533. The summed E-state index contributed by atoms with van der Waals surface area (Å²) in [5.74, 6) is 0.0880. The van der Waals surface area contributed by atoms with Crippen LogP contribution in [0.5, 0.6) is 0 Å². The molecule has 2 aromatic carbocycles. The summed E-state index contributed by atoms with van der Waals surface area (Å²) >= 11 is 1.69. The zero-order valence-corrected chi connectivity index (χ0v) is 17.7. The number of carbonyl (C=O) groups excluding carboxylic acids is 1. The predicted molar refractivity (Wildman–Crippen MR) is 113 cm³/mol. The van der Waals surface area contributed by atoms with Crippen molar-refractivity contribution in [3.8, 4) is 0 Å². The van der Waals surface area contributed by atoms with Crippen molar-refractivity contribution in [3.05, 3.63) is 66.0 Å². The summed E-state index contributed by atoms with van der Waals surface area (Å²) in [5, 5.41) is 2.96. The van der Waals surface area contributed by atoms with Gasteiger partial charge in [-0.3, -0.25) is 4.79 Å². The largest absolute Gasteiger partial charge is 0.355 e. The summed E-state index contributed by atoms with van der Waals surface area (Å²) < 4.78 is 39.6. The van der Waals surface area contributed by atoms with E-state index in [1.807, 2.05) is 30.3 Å². The van der Waals surface area contributed by atoms with Crippen LogP contribution in [0.3, 0.4) is 0 Å². The smallest absolute Gasteiger partial charge is 0.223 e. The van der Waals surface area contributed by atoms with Crippen LogP contribution in [-0.2, 0) is 20.6 Å². The molecule has 1 N–H and O–H groups in total. The van der Waals surface area contributed by atoms with Crippen molar-refractivity contribution in [1.82, 2.24) is 9.62 Å². The predicted octanol–water partition coefficient (Wildman–Crippen LogP) is 3.28. The van der Waals surface area contributed by atoms with Gasteiger partial charge < -0.3 is 5.32 Å². The standard InChI is InChI=1S/C21H25FN2O3S2/c22-19-8-6-17(7-9-19)16-29(26,27)24-13-10-18(11-14-24)21(25)23-12-15-28-20-4-2-1-3-5-20/h1-9,18H,10-16H2,(H,23,25). The van der Waals surface area contributed by atoms with Crippen LogP contribution in [0, 0.1) is 11.7 Å². The zero-order valence-electron chi connectivity index (χ0n) is 16.1. The van der Waals surface area contributed by atoms with E-state index >= 15 is 0 Å². The second-order valence-electron chi connectivity index (χ2n) is 7.01. The van der Waals surface area contributed by atoms with Crippen LogP contribution >= 0.6 is 11.8 Å². The Kier molecular flexibility index (Phi) is 7.69. The molecule has 1 saturated heterocycles. The molecule has 1 aliphatic heterocycles. The van der Waals surface area contributed by atoms with Crippen molar-refractivity contribution < 1.29 is 17.6 Å². The molecule has 0 aromatic heterocycles. The molecule has 0 bridgehead atoms. The summed E-state index contributed by atoms with van der Waals surface area (Å²) in [6, 6.07) is 15.5. The van der Waals surface area contributed by atoms with Crippen LogP contribution in [0.25, 0.3) is 0 Å². The summed E-state index contributed by atoms with van der Waals surface area (Å²) in [4.78, 5) is 13.5. The second-order valence-corrected chi connectivity index (χ2v) is 10.1. The van der Waals surface area contributed by atoms with Crippen molar-refractivity contribution in [1.29, 1.82) is 0 Å². The lowest BCUT2D eigenvalue weighted by molar-refractivity contribution is -0.125. The maximum absolute atomic E-state index is 13.0. The van der Waals surface area contributed by atoms with E-state index in [4.69, 9.17) is 0 Å². The molecule has 5 nitrogen and oxygen atoms in total. The number of carbonyl (C=O) groups is 1. The summed E-state index contributed by atoms with van der Waals surface area (Å²) in [6.07, 6.45) is 1.03. The Labute approximate surface area is 175 Å². The molecule has 1 fully saturated rings. The van der Waals surface area contributed by atoms with Crippen molar-refractivity contribution in [2.75, 3.05) is 25.4 Å². The molecular formula is C21H25FN2O3S2. The van der Waals surface area contributed by atoms with Gasteiger partial charge in [0.1, 0.15) is 5.82 Å². The van der Waals surface area contributed by atoms with Gasteiger partial charge in [-0.2, -0.15) is 0 Å². The van der Waals surface area contributed by atoms with Gasteiger partial charge in [-0.15, -0.1) is 11.8 Å². The Bertz CT molecular complexity index is 897. The summed E-state index contributed by atoms with van der Waals surface area (Å²) in [5.41, 5.74) is 0.558. The molecule has 0 radical (unpaired) electrons. The number of sulfonamides is 1. The highest BCUT2D eigenvalue weighted by atomic mass is 32.2. The van der Waals surface area contributed by atoms with Crippen LogP contribution < -0.4 is 5.32 Å². The van der Waals surface area contributed by atoms with E-state index in [9.17, 15) is 17.6 Å². The number of hydrogen-bond donors (Lipinski definition) is 1. The van der Waals surface area contributed by atoms with Crippen molar-refractivity contribution in [2.24, 2.45) is 5.92 Å². The van der Waals surface area contributed by atoms with Crippen molar-refractivity contribution in [3.63, 3.8) is 0 Å². The Morgan fingerprint density at radius 1 is 1.07 bits per heavy atom. The maximum atomic E-state index is 13.0. The molecular weight excluding hydrogens is 411 g/mol. The van der Waals surface area contributed by atoms with Gasteiger partial charge in [0.25, 0.3) is 0 Å². The topological polar surface area (TPSA) is 66.5 Å². The molecule has 0 aliphatic carbocycles. The first kappa shape index (κ1) is 21.8. The van der Waals surface area contributed by atoms with Crippen LogP contribution in [-0.4, -0.2) is 44.0 Å². The Morgan fingerprint density at radius 2 is 1.72 bits per heavy atom. The normalized spacial score (nSPS) is 15.9. The quantitative estimate of drug-likeness (QED) is 0.510. The highest BCUT2D eigenvalue weighted by Crippen LogP contribution is 2.22. The molecule has 29 heavy (non-hydrogen) atoms. The Hall–Kier alpha value is -1.90. The molecule has 8 heteroatoms.